The van der Waals surface area contributed by atoms with Gasteiger partial charge in [0, 0.05) is 19.2 Å². The summed E-state index contributed by atoms with van der Waals surface area (Å²) in [4.78, 5) is 13.5. The van der Waals surface area contributed by atoms with Crippen LogP contribution in [0, 0.1) is 0 Å². The fraction of sp³-hybridized carbons (Fsp3) is 0.500. The van der Waals surface area contributed by atoms with Crippen molar-refractivity contribution in [3.63, 3.8) is 0 Å². The van der Waals surface area contributed by atoms with Gasteiger partial charge in [-0.15, -0.1) is 5.10 Å². The third-order valence-corrected chi connectivity index (χ3v) is 2.86. The number of hydrogen-bond donors (Lipinski definition) is 0. The smallest absolute Gasteiger partial charge is 0.219 e. The molecule has 16 heavy (non-hydrogen) atoms. The summed E-state index contributed by atoms with van der Waals surface area (Å²) >= 11 is 0. The molecule has 0 saturated carbocycles. The molecule has 1 unspecified atom stereocenters. The molecule has 0 amide bonds. The van der Waals surface area contributed by atoms with Crippen LogP contribution < -0.4 is 4.84 Å². The Morgan fingerprint density at radius 1 is 1.50 bits per heavy atom. The Labute approximate surface area is 92.8 Å². The standard InChI is InChI=1S/C10H13N5O/c1-14-7-3-5-9(14)16-15-10-8(12-13-15)4-2-6-11-10/h2,4,6,9H,3,5,7H2,1H3. The normalized spacial score (nSPS) is 21.7. The summed E-state index contributed by atoms with van der Waals surface area (Å²) in [6.07, 6.45) is 3.96. The van der Waals surface area contributed by atoms with Crippen molar-refractivity contribution in [2.24, 2.45) is 0 Å². The number of rotatable bonds is 2. The Morgan fingerprint density at radius 3 is 3.25 bits per heavy atom. The first-order valence-corrected chi connectivity index (χ1v) is 5.38. The van der Waals surface area contributed by atoms with Crippen molar-refractivity contribution in [2.45, 2.75) is 19.1 Å². The van der Waals surface area contributed by atoms with Crippen LogP contribution in [0.5, 0.6) is 0 Å². The second kappa shape index (κ2) is 3.71. The maximum absolute atomic E-state index is 5.75. The molecular formula is C10H13N5O. The first kappa shape index (κ1) is 9.53. The van der Waals surface area contributed by atoms with E-state index in [0.717, 1.165) is 24.9 Å². The molecule has 0 aromatic carbocycles. The zero-order valence-electron chi connectivity index (χ0n) is 9.08. The van der Waals surface area contributed by atoms with Crippen molar-refractivity contribution in [3.05, 3.63) is 18.3 Å². The van der Waals surface area contributed by atoms with Gasteiger partial charge in [-0.2, -0.15) is 0 Å². The van der Waals surface area contributed by atoms with Gasteiger partial charge in [-0.25, -0.2) is 4.98 Å². The number of aromatic nitrogens is 4. The Kier molecular flexibility index (Phi) is 2.21. The summed E-state index contributed by atoms with van der Waals surface area (Å²) in [6, 6.07) is 3.70. The highest BCUT2D eigenvalue weighted by molar-refractivity contribution is 5.68. The molecule has 2 aromatic rings. The number of fused-ring (bicyclic) bond motifs is 1. The molecule has 3 heterocycles. The van der Waals surface area contributed by atoms with Crippen LogP contribution in [-0.2, 0) is 0 Å². The molecule has 1 saturated heterocycles. The molecular weight excluding hydrogens is 206 g/mol. The van der Waals surface area contributed by atoms with Gasteiger partial charge < -0.3 is 4.84 Å². The molecule has 0 N–H and O–H groups in total. The molecule has 1 atom stereocenters. The van der Waals surface area contributed by atoms with E-state index in [2.05, 4.69) is 20.2 Å². The average molecular weight is 219 g/mol. The van der Waals surface area contributed by atoms with Crippen LogP contribution in [0.15, 0.2) is 18.3 Å². The molecule has 6 nitrogen and oxygen atoms in total. The van der Waals surface area contributed by atoms with Gasteiger partial charge in [-0.1, -0.05) is 4.85 Å². The average Bonchev–Trinajstić information content (AvgIpc) is 2.88. The van der Waals surface area contributed by atoms with Crippen LogP contribution in [-0.4, -0.2) is 44.9 Å². The first-order valence-electron chi connectivity index (χ1n) is 5.38. The lowest BCUT2D eigenvalue weighted by Gasteiger charge is -2.19. The van der Waals surface area contributed by atoms with E-state index < -0.39 is 0 Å². The molecule has 2 aromatic heterocycles. The van der Waals surface area contributed by atoms with Crippen LogP contribution in [0.3, 0.4) is 0 Å². The zero-order valence-corrected chi connectivity index (χ0v) is 9.08. The second-order valence-corrected chi connectivity index (χ2v) is 3.99. The van der Waals surface area contributed by atoms with E-state index in [1.807, 2.05) is 19.2 Å². The van der Waals surface area contributed by atoms with Crippen molar-refractivity contribution >= 4 is 11.2 Å². The van der Waals surface area contributed by atoms with Crippen molar-refractivity contribution in [1.82, 2.24) is 25.0 Å². The highest BCUT2D eigenvalue weighted by Gasteiger charge is 2.24. The third kappa shape index (κ3) is 1.51. The Morgan fingerprint density at radius 2 is 2.44 bits per heavy atom. The Hall–Kier alpha value is -1.69. The van der Waals surface area contributed by atoms with E-state index >= 15 is 0 Å². The van der Waals surface area contributed by atoms with Gasteiger partial charge in [0.25, 0.3) is 0 Å². The Bertz CT molecular complexity index is 497. The van der Waals surface area contributed by atoms with Crippen LogP contribution in [0.25, 0.3) is 11.2 Å². The second-order valence-electron chi connectivity index (χ2n) is 3.99. The molecule has 1 aliphatic heterocycles. The lowest BCUT2D eigenvalue weighted by Crippen LogP contribution is -2.35. The van der Waals surface area contributed by atoms with E-state index in [9.17, 15) is 0 Å². The number of pyridine rings is 1. The van der Waals surface area contributed by atoms with Crippen LogP contribution in [0.4, 0.5) is 0 Å². The van der Waals surface area contributed by atoms with E-state index in [0.29, 0.717) is 5.65 Å². The van der Waals surface area contributed by atoms with E-state index in [-0.39, 0.29) is 6.23 Å². The summed E-state index contributed by atoms with van der Waals surface area (Å²) < 4.78 is 0. The minimum atomic E-state index is 0.0758. The molecule has 0 bridgehead atoms. The lowest BCUT2D eigenvalue weighted by molar-refractivity contribution is -0.0456. The summed E-state index contributed by atoms with van der Waals surface area (Å²) in [5.74, 6) is 0. The van der Waals surface area contributed by atoms with Crippen molar-refractivity contribution in [1.29, 1.82) is 0 Å². The van der Waals surface area contributed by atoms with Crippen molar-refractivity contribution < 1.29 is 4.84 Å². The minimum absolute atomic E-state index is 0.0758. The van der Waals surface area contributed by atoms with Crippen molar-refractivity contribution in [3.8, 4) is 0 Å². The third-order valence-electron chi connectivity index (χ3n) is 2.86. The van der Waals surface area contributed by atoms with E-state index in [4.69, 9.17) is 4.84 Å². The van der Waals surface area contributed by atoms with Gasteiger partial charge in [0.15, 0.2) is 6.23 Å². The lowest BCUT2D eigenvalue weighted by atomic mass is 10.4. The summed E-state index contributed by atoms with van der Waals surface area (Å²) in [5.41, 5.74) is 1.42. The predicted octanol–water partition coefficient (Wildman–Crippen LogP) is 0.307. The fourth-order valence-electron chi connectivity index (χ4n) is 1.94. The van der Waals surface area contributed by atoms with Crippen LogP contribution in [0.2, 0.25) is 0 Å². The topological polar surface area (TPSA) is 56.1 Å². The van der Waals surface area contributed by atoms with Crippen molar-refractivity contribution in [2.75, 3.05) is 13.6 Å². The van der Waals surface area contributed by atoms with Crippen LogP contribution >= 0.6 is 0 Å². The monoisotopic (exact) mass is 219 g/mol. The maximum atomic E-state index is 5.75. The van der Waals surface area contributed by atoms with Gasteiger partial charge in [-0.3, -0.25) is 4.90 Å². The van der Waals surface area contributed by atoms with Crippen LogP contribution in [0.1, 0.15) is 12.8 Å². The molecule has 84 valence electrons. The number of likely N-dealkylation sites (tertiary alicyclic amines) is 1. The zero-order chi connectivity index (χ0) is 11.0. The molecule has 0 radical (unpaired) electrons. The first-order chi connectivity index (χ1) is 7.84. The summed E-state index contributed by atoms with van der Waals surface area (Å²) in [7, 11) is 2.05. The van der Waals surface area contributed by atoms with Gasteiger partial charge in [-0.05, 0) is 30.8 Å². The predicted molar refractivity (Wildman–Crippen MR) is 57.6 cm³/mol. The minimum Gasteiger partial charge on any atom is -0.374 e. The maximum Gasteiger partial charge on any atom is 0.219 e. The molecule has 0 spiro atoms. The molecule has 3 rings (SSSR count). The largest absolute Gasteiger partial charge is 0.374 e. The molecule has 1 aliphatic rings. The van der Waals surface area contributed by atoms with Gasteiger partial charge in [0.05, 0.1) is 0 Å². The number of hydrogen-bond acceptors (Lipinski definition) is 5. The highest BCUT2D eigenvalue weighted by atomic mass is 16.7. The number of nitrogens with zero attached hydrogens (tertiary/aromatic N) is 5. The molecule has 6 heteroatoms. The van der Waals surface area contributed by atoms with Gasteiger partial charge >= 0.3 is 0 Å². The van der Waals surface area contributed by atoms with Gasteiger partial charge in [0.2, 0.25) is 5.65 Å². The quantitative estimate of drug-likeness (QED) is 0.727. The molecule has 0 aliphatic carbocycles. The Balaban J connectivity index is 1.89. The van der Waals surface area contributed by atoms with E-state index in [1.54, 1.807) is 6.20 Å². The summed E-state index contributed by atoms with van der Waals surface area (Å²) in [5, 5.41) is 7.94. The molecule has 1 fully saturated rings. The van der Waals surface area contributed by atoms with Gasteiger partial charge in [0.1, 0.15) is 5.52 Å². The fourth-order valence-corrected chi connectivity index (χ4v) is 1.94. The highest BCUT2D eigenvalue weighted by Crippen LogP contribution is 2.14. The summed E-state index contributed by atoms with van der Waals surface area (Å²) in [6.45, 7) is 1.06. The SMILES string of the molecule is CN1CCCC1On1nnc2cccnc21. The van der Waals surface area contributed by atoms with E-state index in [1.165, 1.54) is 4.85 Å².